The standard InChI is InChI=1S/C24H21FN2O6.C2H6/c25-16-3-4-17-20-12(16)2-1-11(9-32-6-5-28)19(20)14-8-27-18(21(14)26-17)7-13-15(23(27)30)10-33-24(31)22(13)29;1-2/h3-4,7,11,22,28-29H,1-2,5-6,8-10H2;1-2H3. The molecule has 9 heteroatoms. The number of cyclic esters (lactones) is 1. The Morgan fingerprint density at radius 2 is 2.03 bits per heavy atom. The van der Waals surface area contributed by atoms with Crippen LogP contribution in [0.4, 0.5) is 4.39 Å². The van der Waals surface area contributed by atoms with Crippen molar-refractivity contribution in [1.29, 1.82) is 0 Å². The van der Waals surface area contributed by atoms with Gasteiger partial charge in [-0.1, -0.05) is 13.8 Å². The molecule has 2 aliphatic heterocycles. The highest BCUT2D eigenvalue weighted by Gasteiger charge is 2.37. The summed E-state index contributed by atoms with van der Waals surface area (Å²) in [6.07, 6.45) is -0.291. The first-order chi connectivity index (χ1) is 17.0. The van der Waals surface area contributed by atoms with Crippen LogP contribution in [0.5, 0.6) is 0 Å². The third-order valence-electron chi connectivity index (χ3n) is 6.92. The van der Waals surface area contributed by atoms with Gasteiger partial charge in [0, 0.05) is 22.4 Å². The Labute approximate surface area is 200 Å². The fourth-order valence-corrected chi connectivity index (χ4v) is 5.41. The Bertz CT molecular complexity index is 1400. The quantitative estimate of drug-likeness (QED) is 0.340. The number of hydrogen-bond acceptors (Lipinski definition) is 7. The smallest absolute Gasteiger partial charge is 0.340 e. The molecule has 0 radical (unpaired) electrons. The van der Waals surface area contributed by atoms with Gasteiger partial charge in [-0.3, -0.25) is 4.79 Å². The number of fused-ring (bicyclic) bond motifs is 5. The topological polar surface area (TPSA) is 111 Å². The summed E-state index contributed by atoms with van der Waals surface area (Å²) in [4.78, 5) is 29.9. The zero-order chi connectivity index (χ0) is 24.9. The molecule has 4 heterocycles. The second kappa shape index (κ2) is 9.14. The number of nitrogens with zero attached hydrogens (tertiary/aromatic N) is 2. The van der Waals surface area contributed by atoms with Crippen LogP contribution in [0.15, 0.2) is 23.0 Å². The molecule has 1 aromatic carbocycles. The summed E-state index contributed by atoms with van der Waals surface area (Å²) in [5.41, 5.74) is 4.27. The number of aliphatic hydroxyl groups is 2. The van der Waals surface area contributed by atoms with Gasteiger partial charge >= 0.3 is 5.97 Å². The van der Waals surface area contributed by atoms with E-state index in [0.717, 1.165) is 16.5 Å². The van der Waals surface area contributed by atoms with Crippen LogP contribution >= 0.6 is 0 Å². The minimum absolute atomic E-state index is 0.0414. The lowest BCUT2D eigenvalue weighted by molar-refractivity contribution is -0.157. The molecule has 3 aromatic rings. The summed E-state index contributed by atoms with van der Waals surface area (Å²) < 4.78 is 26.9. The van der Waals surface area contributed by atoms with Crippen LogP contribution < -0.4 is 5.56 Å². The second-order valence-corrected chi connectivity index (χ2v) is 8.67. The largest absolute Gasteiger partial charge is 0.458 e. The highest BCUT2D eigenvalue weighted by Crippen LogP contribution is 2.45. The molecule has 0 amide bonds. The Balaban J connectivity index is 0.00000124. The van der Waals surface area contributed by atoms with Gasteiger partial charge in [0.05, 0.1) is 48.8 Å². The molecule has 3 aliphatic rings. The molecular formula is C26H27FN2O6. The molecule has 2 atom stereocenters. The van der Waals surface area contributed by atoms with E-state index < -0.39 is 12.1 Å². The monoisotopic (exact) mass is 482 g/mol. The van der Waals surface area contributed by atoms with E-state index in [4.69, 9.17) is 19.6 Å². The summed E-state index contributed by atoms with van der Waals surface area (Å²) >= 11 is 0. The van der Waals surface area contributed by atoms with Crippen LogP contribution in [0.3, 0.4) is 0 Å². The number of halogens is 1. The molecule has 35 heavy (non-hydrogen) atoms. The number of aliphatic hydroxyl groups excluding tert-OH is 2. The van der Waals surface area contributed by atoms with Crippen molar-refractivity contribution < 1.29 is 28.9 Å². The van der Waals surface area contributed by atoms with E-state index >= 15 is 0 Å². The van der Waals surface area contributed by atoms with Gasteiger partial charge in [-0.05, 0) is 42.2 Å². The van der Waals surface area contributed by atoms with E-state index in [2.05, 4.69) is 0 Å². The Morgan fingerprint density at radius 1 is 1.23 bits per heavy atom. The number of hydrogen-bond donors (Lipinski definition) is 2. The number of esters is 1. The van der Waals surface area contributed by atoms with Crippen LogP contribution in [-0.4, -0.2) is 45.6 Å². The molecule has 2 unspecified atom stereocenters. The van der Waals surface area contributed by atoms with E-state index in [-0.39, 0.29) is 54.8 Å². The van der Waals surface area contributed by atoms with Crippen molar-refractivity contribution in [3.63, 3.8) is 0 Å². The number of aryl methyl sites for hydroxylation is 1. The number of pyridine rings is 2. The number of aromatic nitrogens is 2. The summed E-state index contributed by atoms with van der Waals surface area (Å²) in [5, 5.41) is 20.2. The molecule has 0 spiro atoms. The Hall–Kier alpha value is -3.14. The van der Waals surface area contributed by atoms with Crippen LogP contribution in [-0.2, 0) is 33.8 Å². The molecular weight excluding hydrogens is 455 g/mol. The van der Waals surface area contributed by atoms with Gasteiger partial charge in [-0.2, -0.15) is 0 Å². The molecule has 2 N–H and O–H groups in total. The highest BCUT2D eigenvalue weighted by atomic mass is 19.1. The van der Waals surface area contributed by atoms with Crippen LogP contribution in [0.2, 0.25) is 0 Å². The number of carbonyl (C=O) groups is 1. The zero-order valence-electron chi connectivity index (χ0n) is 19.6. The van der Waals surface area contributed by atoms with Crippen molar-refractivity contribution >= 4 is 16.9 Å². The van der Waals surface area contributed by atoms with Crippen molar-refractivity contribution in [2.45, 2.75) is 51.9 Å². The SMILES string of the molecule is CC.O=C1OCc2c(cc3n(c2=O)Cc2c-3nc3ccc(F)c4c3c2C(COCCO)CC4)C1O. The molecule has 0 bridgehead atoms. The summed E-state index contributed by atoms with van der Waals surface area (Å²) in [5.74, 6) is -1.10. The maximum Gasteiger partial charge on any atom is 0.340 e. The van der Waals surface area contributed by atoms with Gasteiger partial charge in [0.25, 0.3) is 5.56 Å². The van der Waals surface area contributed by atoms with E-state index in [9.17, 15) is 19.1 Å². The summed E-state index contributed by atoms with van der Waals surface area (Å²) in [6, 6.07) is 4.70. The summed E-state index contributed by atoms with van der Waals surface area (Å²) in [6.45, 7) is 4.56. The maximum absolute atomic E-state index is 14.7. The predicted octanol–water partition coefficient (Wildman–Crippen LogP) is 2.72. The van der Waals surface area contributed by atoms with Crippen molar-refractivity contribution in [3.05, 3.63) is 62.2 Å². The van der Waals surface area contributed by atoms with Gasteiger partial charge in [0.2, 0.25) is 0 Å². The minimum Gasteiger partial charge on any atom is -0.458 e. The number of benzene rings is 1. The fraction of sp³-hybridized carbons (Fsp3) is 0.423. The van der Waals surface area contributed by atoms with Crippen molar-refractivity contribution in [1.82, 2.24) is 9.55 Å². The predicted molar refractivity (Wildman–Crippen MR) is 126 cm³/mol. The first kappa shape index (κ1) is 23.6. The third-order valence-corrected chi connectivity index (χ3v) is 6.92. The van der Waals surface area contributed by atoms with Gasteiger partial charge in [0.15, 0.2) is 6.10 Å². The molecule has 184 valence electrons. The van der Waals surface area contributed by atoms with Crippen LogP contribution in [0, 0.1) is 5.82 Å². The first-order valence-corrected chi connectivity index (χ1v) is 11.9. The average Bonchev–Trinajstić information content (AvgIpc) is 3.24. The average molecular weight is 483 g/mol. The van der Waals surface area contributed by atoms with Gasteiger partial charge < -0.3 is 24.3 Å². The first-order valence-electron chi connectivity index (χ1n) is 11.9. The van der Waals surface area contributed by atoms with Gasteiger partial charge in [-0.25, -0.2) is 14.2 Å². The molecule has 0 saturated carbocycles. The van der Waals surface area contributed by atoms with Crippen LogP contribution in [0.1, 0.15) is 60.1 Å². The molecule has 1 aliphatic carbocycles. The molecule has 6 rings (SSSR count). The lowest BCUT2D eigenvalue weighted by Crippen LogP contribution is -2.32. The normalized spacial score (nSPS) is 19.4. The zero-order valence-corrected chi connectivity index (χ0v) is 19.6. The Morgan fingerprint density at radius 3 is 2.80 bits per heavy atom. The van der Waals surface area contributed by atoms with E-state index in [1.165, 1.54) is 6.07 Å². The lowest BCUT2D eigenvalue weighted by atomic mass is 9.80. The van der Waals surface area contributed by atoms with Crippen molar-refractivity contribution in [2.75, 3.05) is 19.8 Å². The van der Waals surface area contributed by atoms with Gasteiger partial charge in [0.1, 0.15) is 12.4 Å². The van der Waals surface area contributed by atoms with E-state index in [0.29, 0.717) is 41.9 Å². The lowest BCUT2D eigenvalue weighted by Gasteiger charge is -2.28. The van der Waals surface area contributed by atoms with Crippen LogP contribution in [0.25, 0.3) is 22.3 Å². The fourth-order valence-electron chi connectivity index (χ4n) is 5.41. The van der Waals surface area contributed by atoms with Crippen molar-refractivity contribution in [3.8, 4) is 11.4 Å². The second-order valence-electron chi connectivity index (χ2n) is 8.67. The van der Waals surface area contributed by atoms with E-state index in [1.807, 2.05) is 13.8 Å². The molecule has 2 aromatic heterocycles. The van der Waals surface area contributed by atoms with E-state index in [1.54, 1.807) is 16.7 Å². The van der Waals surface area contributed by atoms with Gasteiger partial charge in [-0.15, -0.1) is 0 Å². The highest BCUT2D eigenvalue weighted by molar-refractivity contribution is 5.92. The number of carbonyl (C=O) groups excluding carboxylic acids is 1. The third kappa shape index (κ3) is 3.57. The Kier molecular flexibility index (Phi) is 6.16. The number of rotatable bonds is 4. The maximum atomic E-state index is 14.7. The minimum atomic E-state index is -1.52. The summed E-state index contributed by atoms with van der Waals surface area (Å²) in [7, 11) is 0. The molecule has 0 fully saturated rings. The molecule has 0 saturated heterocycles. The van der Waals surface area contributed by atoms with Crippen molar-refractivity contribution in [2.24, 2.45) is 0 Å². The number of ether oxygens (including phenoxy) is 2. The molecule has 8 nitrogen and oxygen atoms in total.